The van der Waals surface area contributed by atoms with Crippen LogP contribution in [0.2, 0.25) is 0 Å². The molecule has 0 unspecified atom stereocenters. The van der Waals surface area contributed by atoms with Gasteiger partial charge in [0.25, 0.3) is 0 Å². The molecular formula is C10H18N4O2S. The maximum absolute atomic E-state index is 12.1. The molecule has 0 amide bonds. The summed E-state index contributed by atoms with van der Waals surface area (Å²) in [5.41, 5.74) is 6.65. The van der Waals surface area contributed by atoms with E-state index in [1.807, 2.05) is 0 Å². The maximum Gasteiger partial charge on any atom is 0.244 e. The molecule has 17 heavy (non-hydrogen) atoms. The number of hydrogen-bond acceptors (Lipinski definition) is 4. The average molecular weight is 258 g/mol. The summed E-state index contributed by atoms with van der Waals surface area (Å²) in [5, 5.41) is 4.21. The zero-order valence-corrected chi connectivity index (χ0v) is 10.9. The van der Waals surface area contributed by atoms with E-state index in [2.05, 4.69) is 9.82 Å². The predicted molar refractivity (Wildman–Crippen MR) is 64.1 cm³/mol. The van der Waals surface area contributed by atoms with Crippen molar-refractivity contribution in [3.05, 3.63) is 11.4 Å². The number of aryl methyl sites for hydroxylation is 1. The van der Waals surface area contributed by atoms with E-state index in [0.717, 1.165) is 12.8 Å². The van der Waals surface area contributed by atoms with E-state index in [0.29, 0.717) is 29.4 Å². The van der Waals surface area contributed by atoms with Crippen molar-refractivity contribution >= 4 is 10.0 Å². The fourth-order valence-corrected chi connectivity index (χ4v) is 3.61. The summed E-state index contributed by atoms with van der Waals surface area (Å²) in [6, 6.07) is 0.108. The van der Waals surface area contributed by atoms with Crippen LogP contribution in [0, 0.1) is 13.8 Å². The van der Waals surface area contributed by atoms with E-state index in [-0.39, 0.29) is 6.04 Å². The Morgan fingerprint density at radius 1 is 1.47 bits per heavy atom. The van der Waals surface area contributed by atoms with Crippen molar-refractivity contribution in [2.45, 2.75) is 44.2 Å². The smallest absolute Gasteiger partial charge is 0.244 e. The van der Waals surface area contributed by atoms with E-state index in [1.165, 1.54) is 0 Å². The van der Waals surface area contributed by atoms with Gasteiger partial charge in [0.15, 0.2) is 0 Å². The lowest BCUT2D eigenvalue weighted by atomic mass is 10.4. The number of nitrogens with one attached hydrogen (secondary N) is 1. The van der Waals surface area contributed by atoms with Crippen LogP contribution in [0.3, 0.4) is 0 Å². The predicted octanol–water partition coefficient (Wildman–Crippen LogP) is -0.101. The zero-order valence-electron chi connectivity index (χ0n) is 10.1. The van der Waals surface area contributed by atoms with Crippen molar-refractivity contribution < 1.29 is 8.42 Å². The first kappa shape index (κ1) is 12.5. The van der Waals surface area contributed by atoms with Crippen molar-refractivity contribution in [1.29, 1.82) is 0 Å². The Balaban J connectivity index is 2.36. The molecule has 6 nitrogen and oxygen atoms in total. The number of rotatable bonds is 5. The van der Waals surface area contributed by atoms with E-state index in [9.17, 15) is 8.42 Å². The van der Waals surface area contributed by atoms with Crippen molar-refractivity contribution in [2.24, 2.45) is 5.73 Å². The first-order valence-corrected chi connectivity index (χ1v) is 7.20. The van der Waals surface area contributed by atoms with Crippen molar-refractivity contribution in [3.8, 4) is 0 Å². The van der Waals surface area contributed by atoms with Crippen LogP contribution in [-0.2, 0) is 16.6 Å². The molecule has 1 aromatic rings. The van der Waals surface area contributed by atoms with Gasteiger partial charge in [-0.2, -0.15) is 5.10 Å². The van der Waals surface area contributed by atoms with Gasteiger partial charge in [0, 0.05) is 12.6 Å². The second kappa shape index (κ2) is 4.40. The first-order valence-electron chi connectivity index (χ1n) is 5.72. The summed E-state index contributed by atoms with van der Waals surface area (Å²) in [7, 11) is -3.43. The summed E-state index contributed by atoms with van der Waals surface area (Å²) in [4.78, 5) is 0.304. The SMILES string of the molecule is Cc1nn(CCN)c(C)c1S(=O)(=O)NC1CC1. The van der Waals surface area contributed by atoms with E-state index < -0.39 is 10.0 Å². The fraction of sp³-hybridized carbons (Fsp3) is 0.700. The lowest BCUT2D eigenvalue weighted by Gasteiger charge is -2.06. The van der Waals surface area contributed by atoms with Gasteiger partial charge in [-0.05, 0) is 26.7 Å². The third-order valence-corrected chi connectivity index (χ3v) is 4.60. The van der Waals surface area contributed by atoms with Crippen LogP contribution in [0.4, 0.5) is 0 Å². The third-order valence-electron chi connectivity index (χ3n) is 2.82. The average Bonchev–Trinajstić information content (AvgIpc) is 2.94. The van der Waals surface area contributed by atoms with Crippen LogP contribution < -0.4 is 10.5 Å². The Morgan fingerprint density at radius 3 is 2.65 bits per heavy atom. The quantitative estimate of drug-likeness (QED) is 0.771. The lowest BCUT2D eigenvalue weighted by Crippen LogP contribution is -2.26. The minimum atomic E-state index is -3.43. The third kappa shape index (κ3) is 2.51. The molecule has 1 aliphatic carbocycles. The summed E-state index contributed by atoms with van der Waals surface area (Å²) < 4.78 is 28.6. The van der Waals surface area contributed by atoms with Gasteiger partial charge in [0.05, 0.1) is 17.9 Å². The highest BCUT2D eigenvalue weighted by Gasteiger charge is 2.31. The minimum absolute atomic E-state index is 0.108. The molecule has 1 aliphatic rings. The van der Waals surface area contributed by atoms with Crippen LogP contribution in [0.1, 0.15) is 24.2 Å². The molecule has 3 N–H and O–H groups in total. The number of sulfonamides is 1. The van der Waals surface area contributed by atoms with Gasteiger partial charge in [0.1, 0.15) is 4.90 Å². The number of nitrogens with two attached hydrogens (primary N) is 1. The molecule has 0 bridgehead atoms. The monoisotopic (exact) mass is 258 g/mol. The Kier molecular flexibility index (Phi) is 3.24. The molecule has 0 atom stereocenters. The van der Waals surface area contributed by atoms with Crippen molar-refractivity contribution in [3.63, 3.8) is 0 Å². The minimum Gasteiger partial charge on any atom is -0.329 e. The summed E-state index contributed by atoms with van der Waals surface area (Å²) in [6.45, 7) is 4.45. The van der Waals surface area contributed by atoms with E-state index >= 15 is 0 Å². The second-order valence-electron chi connectivity index (χ2n) is 4.41. The highest BCUT2D eigenvalue weighted by molar-refractivity contribution is 7.89. The van der Waals surface area contributed by atoms with Gasteiger partial charge in [-0.1, -0.05) is 0 Å². The van der Waals surface area contributed by atoms with Gasteiger partial charge >= 0.3 is 0 Å². The van der Waals surface area contributed by atoms with Crippen LogP contribution >= 0.6 is 0 Å². The molecule has 0 aromatic carbocycles. The standard InChI is InChI=1S/C10H18N4O2S/c1-7-10(8(2)14(12-7)6-5-11)17(15,16)13-9-3-4-9/h9,13H,3-6,11H2,1-2H3. The van der Waals surface area contributed by atoms with Crippen molar-refractivity contribution in [2.75, 3.05) is 6.54 Å². The van der Waals surface area contributed by atoms with E-state index in [1.54, 1.807) is 18.5 Å². The van der Waals surface area contributed by atoms with Gasteiger partial charge in [-0.3, -0.25) is 4.68 Å². The molecular weight excluding hydrogens is 240 g/mol. The highest BCUT2D eigenvalue weighted by atomic mass is 32.2. The molecule has 1 heterocycles. The molecule has 1 aromatic heterocycles. The number of hydrogen-bond donors (Lipinski definition) is 2. The second-order valence-corrected chi connectivity index (χ2v) is 6.06. The topological polar surface area (TPSA) is 90.0 Å². The molecule has 0 saturated heterocycles. The van der Waals surface area contributed by atoms with Crippen LogP contribution in [0.5, 0.6) is 0 Å². The molecule has 1 saturated carbocycles. The first-order chi connectivity index (χ1) is 7.95. The number of nitrogens with zero attached hydrogens (tertiary/aromatic N) is 2. The Morgan fingerprint density at radius 2 is 2.12 bits per heavy atom. The van der Waals surface area contributed by atoms with Crippen LogP contribution in [-0.4, -0.2) is 30.8 Å². The molecule has 1 fully saturated rings. The maximum atomic E-state index is 12.1. The summed E-state index contributed by atoms with van der Waals surface area (Å²) in [5.74, 6) is 0. The molecule has 2 rings (SSSR count). The summed E-state index contributed by atoms with van der Waals surface area (Å²) in [6.07, 6.45) is 1.85. The van der Waals surface area contributed by atoms with Gasteiger partial charge in [-0.15, -0.1) is 0 Å². The summed E-state index contributed by atoms with van der Waals surface area (Å²) >= 11 is 0. The molecule has 0 spiro atoms. The Labute approximate surface area is 101 Å². The number of aromatic nitrogens is 2. The van der Waals surface area contributed by atoms with Crippen LogP contribution in [0.25, 0.3) is 0 Å². The molecule has 7 heteroatoms. The molecule has 96 valence electrons. The fourth-order valence-electron chi connectivity index (χ4n) is 1.89. The van der Waals surface area contributed by atoms with Crippen molar-refractivity contribution in [1.82, 2.24) is 14.5 Å². The van der Waals surface area contributed by atoms with Gasteiger partial charge in [0.2, 0.25) is 10.0 Å². The highest BCUT2D eigenvalue weighted by Crippen LogP contribution is 2.25. The van der Waals surface area contributed by atoms with Crippen LogP contribution in [0.15, 0.2) is 4.90 Å². The molecule has 0 aliphatic heterocycles. The van der Waals surface area contributed by atoms with Gasteiger partial charge < -0.3 is 5.73 Å². The van der Waals surface area contributed by atoms with E-state index in [4.69, 9.17) is 5.73 Å². The zero-order chi connectivity index (χ0) is 12.6. The largest absolute Gasteiger partial charge is 0.329 e. The Hall–Kier alpha value is -0.920. The normalized spacial score (nSPS) is 16.4. The van der Waals surface area contributed by atoms with Gasteiger partial charge in [-0.25, -0.2) is 13.1 Å². The molecule has 0 radical (unpaired) electrons. The Bertz CT molecular complexity index is 517. The lowest BCUT2D eigenvalue weighted by molar-refractivity contribution is 0.577.